The van der Waals surface area contributed by atoms with Crippen LogP contribution in [0.3, 0.4) is 0 Å². The maximum Gasteiger partial charge on any atom is 0.234 e. The number of nitrogens with zero attached hydrogens (tertiary/aromatic N) is 3. The quantitative estimate of drug-likeness (QED) is 0.484. The molecule has 0 saturated heterocycles. The molecule has 0 aliphatic carbocycles. The molecule has 0 aliphatic rings. The number of hydrogen-bond acceptors (Lipinski definition) is 7. The van der Waals surface area contributed by atoms with Crippen LogP contribution in [-0.4, -0.2) is 39.5 Å². The van der Waals surface area contributed by atoms with Gasteiger partial charge in [-0.3, -0.25) is 9.69 Å². The fourth-order valence-corrected chi connectivity index (χ4v) is 1.97. The average Bonchev–Trinajstić information content (AvgIpc) is 2.74. The monoisotopic (exact) mass is 272 g/mol. The van der Waals surface area contributed by atoms with Gasteiger partial charge < -0.3 is 10.7 Å². The van der Waals surface area contributed by atoms with Gasteiger partial charge in [-0.2, -0.15) is 0 Å². The van der Waals surface area contributed by atoms with Crippen molar-refractivity contribution in [2.24, 2.45) is 5.84 Å². The van der Waals surface area contributed by atoms with E-state index in [1.807, 2.05) is 25.7 Å². The van der Waals surface area contributed by atoms with Crippen molar-refractivity contribution in [3.05, 3.63) is 5.69 Å². The van der Waals surface area contributed by atoms with Gasteiger partial charge >= 0.3 is 0 Å². The molecule has 4 N–H and O–H groups in total. The molecule has 7 nitrogen and oxygen atoms in total. The number of likely N-dealkylation sites (N-methyl/N-ethyl adjacent to an activating group) is 1. The van der Waals surface area contributed by atoms with E-state index in [2.05, 4.69) is 20.3 Å². The molecule has 1 heterocycles. The minimum absolute atomic E-state index is 0.0114. The van der Waals surface area contributed by atoms with E-state index in [1.54, 1.807) is 0 Å². The first-order chi connectivity index (χ1) is 8.56. The number of hydrogen-bond donors (Lipinski definition) is 3. The Kier molecular flexibility index (Phi) is 5.96. The molecule has 102 valence electrons. The molecule has 1 rings (SSSR count). The highest BCUT2D eigenvalue weighted by Gasteiger charge is 2.14. The average molecular weight is 272 g/mol. The third-order valence-electron chi connectivity index (χ3n) is 2.32. The molecule has 8 heteroatoms. The summed E-state index contributed by atoms with van der Waals surface area (Å²) in [4.78, 5) is 13.7. The molecule has 1 amide bonds. The molecular weight excluding hydrogens is 252 g/mol. The number of hydrazine groups is 1. The number of carbonyl (C=O) groups is 1. The first-order valence-electron chi connectivity index (χ1n) is 5.86. The highest BCUT2D eigenvalue weighted by atomic mass is 32.1. The zero-order valence-electron chi connectivity index (χ0n) is 10.9. The molecule has 0 atom stereocenters. The summed E-state index contributed by atoms with van der Waals surface area (Å²) in [6.45, 7) is 7.53. The van der Waals surface area contributed by atoms with E-state index in [-0.39, 0.29) is 11.9 Å². The summed E-state index contributed by atoms with van der Waals surface area (Å²) in [6, 6.07) is 0.151. The van der Waals surface area contributed by atoms with Crippen molar-refractivity contribution < 1.29 is 4.79 Å². The standard InChI is InChI=1S/C10H20N6OS/c1-4-16(6-9(17)12-7(2)3)5-8-10(13-11)18-15-14-8/h7,13H,4-6,11H2,1-3H3,(H,12,17). The predicted octanol–water partition coefficient (Wildman–Crippen LogP) is 0.170. The predicted molar refractivity (Wildman–Crippen MR) is 71.9 cm³/mol. The van der Waals surface area contributed by atoms with Gasteiger partial charge in [0.25, 0.3) is 0 Å². The second kappa shape index (κ2) is 7.24. The van der Waals surface area contributed by atoms with Gasteiger partial charge in [-0.25, -0.2) is 5.84 Å². The van der Waals surface area contributed by atoms with E-state index < -0.39 is 0 Å². The Bertz CT molecular complexity index is 380. The molecule has 0 aliphatic heterocycles. The van der Waals surface area contributed by atoms with Crippen LogP contribution >= 0.6 is 11.5 Å². The number of rotatable bonds is 7. The van der Waals surface area contributed by atoms with Crippen LogP contribution in [0.4, 0.5) is 5.00 Å². The van der Waals surface area contributed by atoms with Gasteiger partial charge in [-0.05, 0) is 20.4 Å². The van der Waals surface area contributed by atoms with E-state index in [4.69, 9.17) is 5.84 Å². The Morgan fingerprint density at radius 1 is 1.56 bits per heavy atom. The van der Waals surface area contributed by atoms with Crippen molar-refractivity contribution in [3.63, 3.8) is 0 Å². The van der Waals surface area contributed by atoms with Gasteiger partial charge in [-0.1, -0.05) is 11.4 Å². The SMILES string of the molecule is CCN(CC(=O)NC(C)C)Cc1nnsc1NN. The van der Waals surface area contributed by atoms with Crippen LogP contribution in [0.25, 0.3) is 0 Å². The van der Waals surface area contributed by atoms with Crippen molar-refractivity contribution >= 4 is 22.4 Å². The molecule has 0 bridgehead atoms. The van der Waals surface area contributed by atoms with Crippen LogP contribution in [-0.2, 0) is 11.3 Å². The summed E-state index contributed by atoms with van der Waals surface area (Å²) in [5.74, 6) is 5.37. The number of anilines is 1. The van der Waals surface area contributed by atoms with Crippen molar-refractivity contribution in [3.8, 4) is 0 Å². The highest BCUT2D eigenvalue weighted by molar-refractivity contribution is 7.10. The van der Waals surface area contributed by atoms with Gasteiger partial charge in [-0.15, -0.1) is 5.10 Å². The Hall–Kier alpha value is -1.25. The second-order valence-electron chi connectivity index (χ2n) is 4.22. The third kappa shape index (κ3) is 4.55. The summed E-state index contributed by atoms with van der Waals surface area (Å²) in [6.07, 6.45) is 0. The van der Waals surface area contributed by atoms with E-state index >= 15 is 0 Å². The van der Waals surface area contributed by atoms with Crippen LogP contribution in [0.15, 0.2) is 0 Å². The topological polar surface area (TPSA) is 96.2 Å². The summed E-state index contributed by atoms with van der Waals surface area (Å²) in [7, 11) is 0. The normalized spacial score (nSPS) is 11.0. The van der Waals surface area contributed by atoms with Gasteiger partial charge in [0.2, 0.25) is 5.91 Å². The van der Waals surface area contributed by atoms with E-state index in [0.29, 0.717) is 13.1 Å². The van der Waals surface area contributed by atoms with E-state index in [9.17, 15) is 4.79 Å². The molecule has 1 aromatic heterocycles. The molecule has 0 aromatic carbocycles. The number of nitrogens with two attached hydrogens (primary N) is 1. The number of nitrogen functional groups attached to an aromatic ring is 1. The van der Waals surface area contributed by atoms with E-state index in [0.717, 1.165) is 17.2 Å². The maximum absolute atomic E-state index is 11.7. The van der Waals surface area contributed by atoms with Crippen molar-refractivity contribution in [1.29, 1.82) is 0 Å². The first-order valence-corrected chi connectivity index (χ1v) is 6.63. The zero-order valence-corrected chi connectivity index (χ0v) is 11.8. The molecule has 18 heavy (non-hydrogen) atoms. The lowest BCUT2D eigenvalue weighted by Crippen LogP contribution is -2.39. The van der Waals surface area contributed by atoms with Crippen LogP contribution in [0, 0.1) is 0 Å². The summed E-state index contributed by atoms with van der Waals surface area (Å²) < 4.78 is 3.83. The molecule has 0 unspecified atom stereocenters. The van der Waals surface area contributed by atoms with Gasteiger partial charge in [0.05, 0.1) is 6.54 Å². The Morgan fingerprint density at radius 2 is 2.28 bits per heavy atom. The first kappa shape index (κ1) is 14.8. The highest BCUT2D eigenvalue weighted by Crippen LogP contribution is 2.17. The lowest BCUT2D eigenvalue weighted by Gasteiger charge is -2.19. The molecule has 0 spiro atoms. The minimum atomic E-state index is 0.0114. The lowest BCUT2D eigenvalue weighted by molar-refractivity contribution is -0.122. The fraction of sp³-hybridized carbons (Fsp3) is 0.700. The largest absolute Gasteiger partial charge is 0.353 e. The molecule has 0 saturated carbocycles. The summed E-state index contributed by atoms with van der Waals surface area (Å²) in [5, 5.41) is 7.59. The Labute approximate surface area is 111 Å². The fourth-order valence-electron chi connectivity index (χ4n) is 1.48. The van der Waals surface area contributed by atoms with Crippen LogP contribution in [0.5, 0.6) is 0 Å². The van der Waals surface area contributed by atoms with Crippen LogP contribution in [0.2, 0.25) is 0 Å². The summed E-state index contributed by atoms with van der Waals surface area (Å²) >= 11 is 1.21. The second-order valence-corrected chi connectivity index (χ2v) is 4.97. The summed E-state index contributed by atoms with van der Waals surface area (Å²) in [5.41, 5.74) is 3.32. The van der Waals surface area contributed by atoms with Gasteiger partial charge in [0.15, 0.2) is 0 Å². The third-order valence-corrected chi connectivity index (χ3v) is 3.02. The van der Waals surface area contributed by atoms with Crippen molar-refractivity contribution in [2.75, 3.05) is 18.5 Å². The Balaban J connectivity index is 2.54. The van der Waals surface area contributed by atoms with E-state index in [1.165, 1.54) is 11.5 Å². The van der Waals surface area contributed by atoms with Crippen molar-refractivity contribution in [1.82, 2.24) is 19.8 Å². The van der Waals surface area contributed by atoms with Crippen LogP contribution < -0.4 is 16.6 Å². The smallest absolute Gasteiger partial charge is 0.234 e. The van der Waals surface area contributed by atoms with Gasteiger partial charge in [0, 0.05) is 24.1 Å². The number of aromatic nitrogens is 2. The Morgan fingerprint density at radius 3 is 2.83 bits per heavy atom. The molecule has 0 radical (unpaired) electrons. The number of nitrogens with one attached hydrogen (secondary N) is 2. The molecule has 1 aromatic rings. The minimum Gasteiger partial charge on any atom is -0.353 e. The zero-order chi connectivity index (χ0) is 13.5. The molecule has 0 fully saturated rings. The van der Waals surface area contributed by atoms with Crippen molar-refractivity contribution in [2.45, 2.75) is 33.4 Å². The van der Waals surface area contributed by atoms with Gasteiger partial charge in [0.1, 0.15) is 10.7 Å². The maximum atomic E-state index is 11.7. The van der Waals surface area contributed by atoms with Crippen LogP contribution in [0.1, 0.15) is 26.5 Å². The number of amides is 1. The number of carbonyl (C=O) groups excluding carboxylic acids is 1. The lowest BCUT2D eigenvalue weighted by atomic mass is 10.3. The molecular formula is C10H20N6OS.